The number of nitrogens with zero attached hydrogens (tertiary/aromatic N) is 2. The summed E-state index contributed by atoms with van der Waals surface area (Å²) in [5, 5.41) is 7.30. The molecule has 1 fully saturated rings. The van der Waals surface area contributed by atoms with Crippen molar-refractivity contribution in [2.24, 2.45) is 5.92 Å². The Morgan fingerprint density at radius 1 is 1.62 bits per heavy atom. The summed E-state index contributed by atoms with van der Waals surface area (Å²) in [7, 11) is 0. The number of nitrogens with one attached hydrogen (secondary N) is 1. The lowest BCUT2D eigenvalue weighted by Gasteiger charge is -2.13. The first-order chi connectivity index (χ1) is 7.56. The predicted molar refractivity (Wildman–Crippen MR) is 62.0 cm³/mol. The average Bonchev–Trinajstić information content (AvgIpc) is 2.95. The molecule has 0 saturated heterocycles. The van der Waals surface area contributed by atoms with E-state index < -0.39 is 0 Å². The van der Waals surface area contributed by atoms with Crippen molar-refractivity contribution in [2.75, 3.05) is 0 Å². The number of carbonyl (C=O) groups is 1. The second-order valence-electron chi connectivity index (χ2n) is 4.78. The van der Waals surface area contributed by atoms with Gasteiger partial charge < -0.3 is 5.32 Å². The van der Waals surface area contributed by atoms with Gasteiger partial charge in [0.2, 0.25) is 5.91 Å². The fourth-order valence-electron chi connectivity index (χ4n) is 1.98. The third-order valence-electron chi connectivity index (χ3n) is 3.11. The van der Waals surface area contributed by atoms with Crippen molar-refractivity contribution in [1.29, 1.82) is 0 Å². The van der Waals surface area contributed by atoms with Crippen molar-refractivity contribution < 1.29 is 4.79 Å². The lowest BCUT2D eigenvalue weighted by atomic mass is 10.2. The summed E-state index contributed by atoms with van der Waals surface area (Å²) < 4.78 is 1.75. The van der Waals surface area contributed by atoms with Gasteiger partial charge in [-0.05, 0) is 45.6 Å². The lowest BCUT2D eigenvalue weighted by molar-refractivity contribution is -0.122. The highest BCUT2D eigenvalue weighted by atomic mass is 16.2. The van der Waals surface area contributed by atoms with Crippen LogP contribution in [0.5, 0.6) is 0 Å². The van der Waals surface area contributed by atoms with E-state index in [1.165, 1.54) is 12.8 Å². The second kappa shape index (κ2) is 4.28. The standard InChI is InChI=1S/C12H19N3O/c1-8-6-9(2)15(14-8)7-12(16)13-10(3)11-4-5-11/h6,10-11H,4-5,7H2,1-3H3,(H,13,16). The number of amides is 1. The molecule has 2 rings (SSSR count). The minimum Gasteiger partial charge on any atom is -0.352 e. The highest BCUT2D eigenvalue weighted by Gasteiger charge is 2.28. The maximum absolute atomic E-state index is 11.7. The molecular weight excluding hydrogens is 202 g/mol. The number of hydrogen-bond acceptors (Lipinski definition) is 2. The maximum atomic E-state index is 11.7. The summed E-state index contributed by atoms with van der Waals surface area (Å²) in [5.41, 5.74) is 1.99. The largest absolute Gasteiger partial charge is 0.352 e. The molecular formula is C12H19N3O. The van der Waals surface area contributed by atoms with Crippen molar-refractivity contribution >= 4 is 5.91 Å². The van der Waals surface area contributed by atoms with Crippen LogP contribution < -0.4 is 5.32 Å². The minimum atomic E-state index is 0.0607. The van der Waals surface area contributed by atoms with Crippen LogP contribution in [-0.2, 0) is 11.3 Å². The zero-order valence-corrected chi connectivity index (χ0v) is 10.2. The van der Waals surface area contributed by atoms with E-state index in [0.29, 0.717) is 18.5 Å². The van der Waals surface area contributed by atoms with Gasteiger partial charge in [0, 0.05) is 11.7 Å². The van der Waals surface area contributed by atoms with E-state index in [0.717, 1.165) is 11.4 Å². The molecule has 1 amide bonds. The summed E-state index contributed by atoms with van der Waals surface area (Å²) in [5.74, 6) is 0.759. The monoisotopic (exact) mass is 221 g/mol. The van der Waals surface area contributed by atoms with Crippen LogP contribution in [0, 0.1) is 19.8 Å². The predicted octanol–water partition coefficient (Wildman–Crippen LogP) is 1.41. The van der Waals surface area contributed by atoms with Gasteiger partial charge in [-0.2, -0.15) is 5.10 Å². The number of aryl methyl sites for hydroxylation is 2. The van der Waals surface area contributed by atoms with E-state index in [9.17, 15) is 4.79 Å². The maximum Gasteiger partial charge on any atom is 0.241 e. The van der Waals surface area contributed by atoms with Gasteiger partial charge in [0.1, 0.15) is 6.54 Å². The number of aromatic nitrogens is 2. The van der Waals surface area contributed by atoms with E-state index in [1.807, 2.05) is 19.9 Å². The molecule has 0 spiro atoms. The molecule has 1 aliphatic carbocycles. The Kier molecular flexibility index (Phi) is 2.99. The second-order valence-corrected chi connectivity index (χ2v) is 4.78. The molecule has 1 saturated carbocycles. The molecule has 88 valence electrons. The molecule has 1 unspecified atom stereocenters. The molecule has 1 heterocycles. The van der Waals surface area contributed by atoms with Gasteiger partial charge in [0.15, 0.2) is 0 Å². The Labute approximate surface area is 96.0 Å². The van der Waals surface area contributed by atoms with E-state index in [1.54, 1.807) is 4.68 Å². The van der Waals surface area contributed by atoms with E-state index in [-0.39, 0.29) is 5.91 Å². The molecule has 1 aromatic heterocycles. The van der Waals surface area contributed by atoms with Gasteiger partial charge in [-0.15, -0.1) is 0 Å². The van der Waals surface area contributed by atoms with Crippen LogP contribution in [0.3, 0.4) is 0 Å². The molecule has 16 heavy (non-hydrogen) atoms. The van der Waals surface area contributed by atoms with Gasteiger partial charge in [-0.3, -0.25) is 9.48 Å². The molecule has 1 aliphatic rings. The third-order valence-corrected chi connectivity index (χ3v) is 3.11. The van der Waals surface area contributed by atoms with E-state index in [2.05, 4.69) is 17.3 Å². The highest BCUT2D eigenvalue weighted by Crippen LogP contribution is 2.32. The summed E-state index contributed by atoms with van der Waals surface area (Å²) in [6, 6.07) is 2.29. The van der Waals surface area contributed by atoms with Gasteiger partial charge >= 0.3 is 0 Å². The van der Waals surface area contributed by atoms with E-state index in [4.69, 9.17) is 0 Å². The molecule has 4 nitrogen and oxygen atoms in total. The quantitative estimate of drug-likeness (QED) is 0.835. The number of carbonyl (C=O) groups excluding carboxylic acids is 1. The van der Waals surface area contributed by atoms with Gasteiger partial charge in [-0.25, -0.2) is 0 Å². The fraction of sp³-hybridized carbons (Fsp3) is 0.667. The summed E-state index contributed by atoms with van der Waals surface area (Å²) in [6.07, 6.45) is 2.50. The van der Waals surface area contributed by atoms with Crippen molar-refractivity contribution in [2.45, 2.75) is 46.2 Å². The molecule has 0 aromatic carbocycles. The fourth-order valence-corrected chi connectivity index (χ4v) is 1.98. The van der Waals surface area contributed by atoms with Crippen molar-refractivity contribution in [1.82, 2.24) is 15.1 Å². The molecule has 4 heteroatoms. The van der Waals surface area contributed by atoms with Crippen molar-refractivity contribution in [3.05, 3.63) is 17.5 Å². The Hall–Kier alpha value is -1.32. The van der Waals surface area contributed by atoms with Crippen LogP contribution in [0.4, 0.5) is 0 Å². The number of hydrogen-bond donors (Lipinski definition) is 1. The summed E-state index contributed by atoms with van der Waals surface area (Å²) in [4.78, 5) is 11.7. The van der Waals surface area contributed by atoms with Gasteiger partial charge in [0.25, 0.3) is 0 Å². The highest BCUT2D eigenvalue weighted by molar-refractivity contribution is 5.76. The first-order valence-corrected chi connectivity index (χ1v) is 5.86. The minimum absolute atomic E-state index is 0.0607. The normalized spacial score (nSPS) is 17.2. The molecule has 0 bridgehead atoms. The van der Waals surface area contributed by atoms with Crippen LogP contribution in [0.25, 0.3) is 0 Å². The van der Waals surface area contributed by atoms with Crippen LogP contribution in [-0.4, -0.2) is 21.7 Å². The molecule has 0 radical (unpaired) electrons. The van der Waals surface area contributed by atoms with E-state index >= 15 is 0 Å². The smallest absolute Gasteiger partial charge is 0.241 e. The summed E-state index contributed by atoms with van der Waals surface area (Å²) in [6.45, 7) is 6.32. The molecule has 1 N–H and O–H groups in total. The van der Waals surface area contributed by atoms with Crippen molar-refractivity contribution in [3.8, 4) is 0 Å². The Balaban J connectivity index is 1.88. The zero-order valence-electron chi connectivity index (χ0n) is 10.2. The Bertz CT molecular complexity index is 393. The molecule has 1 atom stereocenters. The van der Waals surface area contributed by atoms with Crippen LogP contribution in [0.15, 0.2) is 6.07 Å². The van der Waals surface area contributed by atoms with Gasteiger partial charge in [-0.1, -0.05) is 0 Å². The molecule has 0 aliphatic heterocycles. The first-order valence-electron chi connectivity index (χ1n) is 5.86. The lowest BCUT2D eigenvalue weighted by Crippen LogP contribution is -2.36. The topological polar surface area (TPSA) is 46.9 Å². The van der Waals surface area contributed by atoms with Gasteiger partial charge in [0.05, 0.1) is 5.69 Å². The third kappa shape index (κ3) is 2.62. The zero-order chi connectivity index (χ0) is 11.7. The Morgan fingerprint density at radius 2 is 2.31 bits per heavy atom. The SMILES string of the molecule is Cc1cc(C)n(CC(=O)NC(C)C2CC2)n1. The average molecular weight is 221 g/mol. The van der Waals surface area contributed by atoms with Crippen LogP contribution in [0.2, 0.25) is 0 Å². The Morgan fingerprint density at radius 3 is 2.81 bits per heavy atom. The first kappa shape index (κ1) is 11.2. The number of rotatable bonds is 4. The summed E-state index contributed by atoms with van der Waals surface area (Å²) >= 11 is 0. The van der Waals surface area contributed by atoms with Crippen LogP contribution >= 0.6 is 0 Å². The van der Waals surface area contributed by atoms with Crippen LogP contribution in [0.1, 0.15) is 31.2 Å². The molecule has 1 aromatic rings. The van der Waals surface area contributed by atoms with Crippen molar-refractivity contribution in [3.63, 3.8) is 0 Å².